The summed E-state index contributed by atoms with van der Waals surface area (Å²) in [5.41, 5.74) is 2.78. The van der Waals surface area contributed by atoms with Gasteiger partial charge in [0.25, 0.3) is 0 Å². The molecule has 590 valence electrons. The highest BCUT2D eigenvalue weighted by Crippen LogP contribution is 2.41. The highest BCUT2D eigenvalue weighted by molar-refractivity contribution is 6.21. The molecule has 0 bridgehead atoms. The maximum atomic E-state index is 12.7. The molecule has 3 aromatic carbocycles. The third-order valence-corrected chi connectivity index (χ3v) is 16.1. The van der Waals surface area contributed by atoms with Gasteiger partial charge in [0.15, 0.2) is 46.0 Å². The van der Waals surface area contributed by atoms with Gasteiger partial charge in [0.1, 0.15) is 25.5 Å². The molecule has 0 aliphatic heterocycles. The summed E-state index contributed by atoms with van der Waals surface area (Å²) in [7, 11) is 24.5. The molecule has 0 saturated carbocycles. The van der Waals surface area contributed by atoms with Crippen LogP contribution in [0.15, 0.2) is 181 Å². The van der Waals surface area contributed by atoms with Crippen LogP contribution in [0.4, 0.5) is 26.3 Å². The number of nitrogens with zero attached hydrogens (tertiary/aromatic N) is 10. The standard InChI is InChI=1S/C16H20N2O2.C14H14ClNO2.C14H15NO3.C11H14ClF3N2O2.C11H15F3N2O3.C9H14N2O2.ClH/c1-17(2)10-14-9-15(19)16(11-18(14)3)20-12-13-7-5-4-6-8-13;1-16-9-14(13(17)7-12(16)8-15)18-10-11-5-3-2-4-6-11;1-15-8-14(13(17)7-12(15)9-16)18-10-11-5-3-2-4-6-11;1-16(2)5-6-4-7(18)9(19)8(17(6)3)10(12)11(13,14)15;1-15(2)5-6-4-7(17)9(18)8(16(6)3)10(19)11(12,13)14;1-10(2)5-7-4-8(12)9(13)6-11(7)3;/h4-9,11H,10,12H2,1-3H3;2-7,9H,8,10H2,1H3;2-8,16H,9-10H2,1H3;4,10,19H,5H2,1-3H3;4,10,18-19H,5H2,1-3H3;4,6,13H,5H2,1-3H3;1H. The van der Waals surface area contributed by atoms with Crippen LogP contribution in [0.1, 0.15) is 73.7 Å². The Morgan fingerprint density at radius 1 is 0.417 bits per heavy atom. The van der Waals surface area contributed by atoms with Crippen LogP contribution in [0.5, 0.6) is 34.5 Å². The van der Waals surface area contributed by atoms with Crippen LogP contribution in [0.2, 0.25) is 0 Å². The predicted molar refractivity (Wildman–Crippen MR) is 405 cm³/mol. The molecule has 0 aliphatic rings. The van der Waals surface area contributed by atoms with Crippen LogP contribution in [-0.4, -0.2) is 141 Å². The lowest BCUT2D eigenvalue weighted by Gasteiger charge is -2.22. The van der Waals surface area contributed by atoms with Gasteiger partial charge in [-0.2, -0.15) is 26.3 Å². The molecule has 0 aliphatic carbocycles. The number of aliphatic hydroxyl groups is 2. The number of pyridine rings is 6. The molecule has 0 spiro atoms. The minimum Gasteiger partial charge on any atom is -0.503 e. The zero-order chi connectivity index (χ0) is 80.4. The van der Waals surface area contributed by atoms with E-state index in [1.165, 1.54) is 38.5 Å². The number of rotatable bonds is 21. The molecule has 9 rings (SSSR count). The van der Waals surface area contributed by atoms with E-state index < -0.39 is 57.6 Å². The second kappa shape index (κ2) is 43.4. The van der Waals surface area contributed by atoms with Crippen molar-refractivity contribution in [3.05, 3.63) is 276 Å². The molecule has 24 nitrogen and oxygen atoms in total. The van der Waals surface area contributed by atoms with Crippen molar-refractivity contribution in [1.82, 2.24) is 47.0 Å². The summed E-state index contributed by atoms with van der Waals surface area (Å²) in [4.78, 5) is 76.9. The predicted octanol–water partition coefficient (Wildman–Crippen LogP) is 9.50. The lowest BCUT2D eigenvalue weighted by molar-refractivity contribution is -0.209. The topological polar surface area (TPSA) is 274 Å². The number of aromatic hydroxyl groups is 3. The molecule has 9 aromatic rings. The van der Waals surface area contributed by atoms with Crippen LogP contribution in [0.25, 0.3) is 0 Å². The number of halogens is 9. The number of benzene rings is 3. The zero-order valence-electron chi connectivity index (χ0n) is 62.3. The first kappa shape index (κ1) is 92.6. The van der Waals surface area contributed by atoms with Crippen molar-refractivity contribution in [3.63, 3.8) is 0 Å². The van der Waals surface area contributed by atoms with E-state index in [4.69, 9.17) is 47.6 Å². The Morgan fingerprint density at radius 3 is 1.04 bits per heavy atom. The molecular formula is C75H93Cl3F6N10O14. The Morgan fingerprint density at radius 2 is 0.704 bits per heavy atom. The molecule has 108 heavy (non-hydrogen) atoms. The van der Waals surface area contributed by atoms with Crippen molar-refractivity contribution < 1.29 is 66.1 Å². The van der Waals surface area contributed by atoms with Crippen LogP contribution in [0.3, 0.4) is 0 Å². The molecule has 0 saturated heterocycles. The van der Waals surface area contributed by atoms with Gasteiger partial charge < -0.3 is 86.7 Å². The molecule has 5 N–H and O–H groups in total. The summed E-state index contributed by atoms with van der Waals surface area (Å²) in [5, 5.41) is 44.0. The Bertz CT molecular complexity index is 4510. The minimum atomic E-state index is -4.96. The summed E-state index contributed by atoms with van der Waals surface area (Å²) < 4.78 is 101. The second-order valence-electron chi connectivity index (χ2n) is 25.4. The summed E-state index contributed by atoms with van der Waals surface area (Å²) in [6.45, 7) is 2.85. The average Bonchev–Trinajstić information content (AvgIpc) is 0.787. The first-order chi connectivity index (χ1) is 50.1. The normalized spacial score (nSPS) is 11.6. The van der Waals surface area contributed by atoms with Gasteiger partial charge in [-0.25, -0.2) is 0 Å². The molecule has 33 heteroatoms. The molecule has 0 radical (unpaired) electrons. The number of aliphatic hydroxyl groups excluding tert-OH is 2. The van der Waals surface area contributed by atoms with Crippen molar-refractivity contribution >= 4 is 35.6 Å². The maximum Gasteiger partial charge on any atom is 0.420 e. The number of hydrogen-bond acceptors (Lipinski definition) is 18. The maximum absolute atomic E-state index is 12.7. The van der Waals surface area contributed by atoms with E-state index in [-0.39, 0.29) is 65.3 Å². The molecule has 6 aromatic heterocycles. The van der Waals surface area contributed by atoms with Crippen molar-refractivity contribution in [3.8, 4) is 34.5 Å². The zero-order valence-corrected chi connectivity index (χ0v) is 64.6. The van der Waals surface area contributed by atoms with Gasteiger partial charge >= 0.3 is 12.4 Å². The lowest BCUT2D eigenvalue weighted by atomic mass is 10.1. The fourth-order valence-electron chi connectivity index (χ4n) is 9.76. The molecule has 2 unspecified atom stereocenters. The summed E-state index contributed by atoms with van der Waals surface area (Å²) in [6.07, 6.45) is -6.17. The SMILES string of the molecule is CN(C)Cc1cc(=O)c(O)c(C(Cl)C(F)(F)F)n1C.CN(C)Cc1cc(=O)c(O)c(C(O)C(F)(F)F)n1C.CN(C)Cc1cc(=O)c(O)cn1C.CN(C)Cc1cc(=O)c(OCc2ccccc2)cn1C.Cl.Cn1cc(OCc2ccccc2)c(=O)cc1CCl.Cn1cc(OCc2ccccc2)c(=O)cc1CO. The molecule has 2 atom stereocenters. The van der Waals surface area contributed by atoms with Crippen molar-refractivity contribution in [2.24, 2.45) is 42.3 Å². The quantitative estimate of drug-likeness (QED) is 0.0331. The third-order valence-electron chi connectivity index (χ3n) is 15.4. The van der Waals surface area contributed by atoms with E-state index >= 15 is 0 Å². The fraction of sp³-hybridized carbons (Fsp3) is 0.360. The van der Waals surface area contributed by atoms with Crippen LogP contribution in [0, 0.1) is 0 Å². The van der Waals surface area contributed by atoms with Gasteiger partial charge in [0, 0.05) is 145 Å². The third kappa shape index (κ3) is 29.2. The largest absolute Gasteiger partial charge is 0.503 e. The van der Waals surface area contributed by atoms with E-state index in [0.717, 1.165) is 61.6 Å². The Balaban J connectivity index is 0.000000337. The van der Waals surface area contributed by atoms with Crippen LogP contribution in [-0.2, 0) is 101 Å². The van der Waals surface area contributed by atoms with Gasteiger partial charge in [0.2, 0.25) is 32.6 Å². The summed E-state index contributed by atoms with van der Waals surface area (Å²) in [6, 6.07) is 37.3. The fourth-order valence-corrected chi connectivity index (χ4v) is 10.3. The van der Waals surface area contributed by atoms with Crippen molar-refractivity contribution in [2.45, 2.75) is 82.3 Å². The molecular weight excluding hydrogens is 1490 g/mol. The van der Waals surface area contributed by atoms with Crippen LogP contribution < -0.4 is 46.8 Å². The number of hydrogen-bond donors (Lipinski definition) is 5. The Labute approximate surface area is 636 Å². The number of aryl methyl sites for hydroxylation is 4. The van der Waals surface area contributed by atoms with E-state index in [1.54, 1.807) is 90.4 Å². The van der Waals surface area contributed by atoms with Crippen molar-refractivity contribution in [1.29, 1.82) is 0 Å². The van der Waals surface area contributed by atoms with Gasteiger partial charge in [-0.15, -0.1) is 35.6 Å². The smallest absolute Gasteiger partial charge is 0.420 e. The number of alkyl halides is 8. The number of ether oxygens (including phenoxy) is 3. The van der Waals surface area contributed by atoms with E-state index in [9.17, 15) is 70.4 Å². The Kier molecular flexibility index (Phi) is 37.2. The monoisotopic (exact) mass is 1580 g/mol. The first-order valence-corrected chi connectivity index (χ1v) is 33.6. The molecule has 0 amide bonds. The van der Waals surface area contributed by atoms with Gasteiger partial charge in [-0.05, 0) is 73.1 Å². The van der Waals surface area contributed by atoms with E-state index in [2.05, 4.69) is 0 Å². The molecule has 0 fully saturated rings. The van der Waals surface area contributed by atoms with E-state index in [1.807, 2.05) is 148 Å². The number of aromatic nitrogens is 6. The highest BCUT2D eigenvalue weighted by Gasteiger charge is 2.44. The summed E-state index contributed by atoms with van der Waals surface area (Å²) >= 11 is 11.0. The van der Waals surface area contributed by atoms with Gasteiger partial charge in [-0.1, -0.05) is 91.0 Å². The van der Waals surface area contributed by atoms with Crippen LogP contribution >= 0.6 is 35.6 Å². The Hall–Kier alpha value is -9.63. The minimum absolute atomic E-state index is 0. The van der Waals surface area contributed by atoms with E-state index in [0.29, 0.717) is 60.9 Å². The van der Waals surface area contributed by atoms with Crippen molar-refractivity contribution in [2.75, 3.05) is 56.4 Å². The highest BCUT2D eigenvalue weighted by atomic mass is 35.5. The molecule has 6 heterocycles. The summed E-state index contributed by atoms with van der Waals surface area (Å²) in [5.74, 6) is -0.931. The first-order valence-electron chi connectivity index (χ1n) is 32.6. The van der Waals surface area contributed by atoms with Gasteiger partial charge in [-0.3, -0.25) is 28.8 Å². The van der Waals surface area contributed by atoms with Gasteiger partial charge in [0.05, 0.1) is 36.8 Å². The average molecular weight is 1580 g/mol. The lowest BCUT2D eigenvalue weighted by Crippen LogP contribution is -2.28. The second-order valence-corrected chi connectivity index (χ2v) is 26.1.